The number of aromatic nitrogens is 3. The number of benzene rings is 2. The number of hydrogen-bond acceptors (Lipinski definition) is 4. The van der Waals surface area contributed by atoms with E-state index in [1.165, 1.54) is 17.0 Å². The Morgan fingerprint density at radius 3 is 2.96 bits per heavy atom. The third-order valence-electron chi connectivity index (χ3n) is 3.25. The van der Waals surface area contributed by atoms with E-state index in [0.29, 0.717) is 21.9 Å². The summed E-state index contributed by atoms with van der Waals surface area (Å²) in [5.41, 5.74) is 1.11. The van der Waals surface area contributed by atoms with E-state index >= 15 is 0 Å². The first kappa shape index (κ1) is 16.5. The van der Waals surface area contributed by atoms with E-state index in [-0.39, 0.29) is 5.82 Å². The topological polar surface area (TPSA) is 55.2 Å². The van der Waals surface area contributed by atoms with Gasteiger partial charge in [0.1, 0.15) is 11.6 Å². The maximum Gasteiger partial charge on any atom is 0.216 e. The fourth-order valence-electron chi connectivity index (χ4n) is 2.08. The molecule has 0 radical (unpaired) electrons. The van der Waals surface area contributed by atoms with E-state index < -0.39 is 0 Å². The van der Waals surface area contributed by atoms with Crippen LogP contribution in [0.25, 0.3) is 11.4 Å². The molecule has 0 saturated carbocycles. The number of rotatable bonds is 4. The summed E-state index contributed by atoms with van der Waals surface area (Å²) >= 11 is 8.51. The Labute approximate surface area is 150 Å². The first-order chi connectivity index (χ1) is 11.6. The van der Waals surface area contributed by atoms with Crippen LogP contribution in [0.15, 0.2) is 52.0 Å². The minimum absolute atomic E-state index is 0.305. The van der Waals surface area contributed by atoms with Gasteiger partial charge in [0.25, 0.3) is 0 Å². The number of nitrogens with zero attached hydrogens (tertiary/aromatic N) is 3. The molecule has 0 aliphatic rings. The van der Waals surface area contributed by atoms with Crippen LogP contribution in [-0.4, -0.2) is 28.2 Å². The largest absolute Gasteiger partial charge is 0.497 e. The van der Waals surface area contributed by atoms with Crippen LogP contribution < -0.4 is 4.74 Å². The second-order valence-corrected chi connectivity index (χ2v) is 6.11. The van der Waals surface area contributed by atoms with Crippen LogP contribution in [0.2, 0.25) is 0 Å². The molecule has 122 valence electrons. The molecule has 0 fully saturated rings. The highest BCUT2D eigenvalue weighted by Crippen LogP contribution is 2.22. The Hall–Kier alpha value is -2.32. The number of halogens is 2. The summed E-state index contributed by atoms with van der Waals surface area (Å²) in [6.07, 6.45) is 1.40. The van der Waals surface area contributed by atoms with Gasteiger partial charge in [-0.3, -0.25) is 0 Å². The monoisotopic (exact) mass is 406 g/mol. The average molecular weight is 407 g/mol. The molecule has 0 atom stereocenters. The van der Waals surface area contributed by atoms with Crippen molar-refractivity contribution in [3.63, 3.8) is 0 Å². The molecule has 3 rings (SSSR count). The maximum absolute atomic E-state index is 13.8. The number of hydrogen-bond donors (Lipinski definition) is 1. The van der Waals surface area contributed by atoms with Crippen LogP contribution in [0, 0.1) is 10.6 Å². The van der Waals surface area contributed by atoms with E-state index in [9.17, 15) is 4.39 Å². The van der Waals surface area contributed by atoms with E-state index in [2.05, 4.69) is 31.2 Å². The molecule has 5 nitrogen and oxygen atoms in total. The van der Waals surface area contributed by atoms with E-state index in [1.807, 2.05) is 24.3 Å². The zero-order chi connectivity index (χ0) is 17.1. The first-order valence-corrected chi connectivity index (χ1v) is 8.10. The standard InChI is InChI=1S/C16H12BrFN4OS/c1-23-13-4-2-3-10(8-13)15-20-21-16(24)22(15)19-9-11-7-12(17)5-6-14(11)18/h2-9H,1H3,(H,21,24)/b19-9+. The van der Waals surface area contributed by atoms with Crippen molar-refractivity contribution in [2.45, 2.75) is 0 Å². The van der Waals surface area contributed by atoms with Gasteiger partial charge in [-0.05, 0) is 42.5 Å². The van der Waals surface area contributed by atoms with Gasteiger partial charge in [0.2, 0.25) is 4.77 Å². The van der Waals surface area contributed by atoms with Crippen molar-refractivity contribution in [1.82, 2.24) is 14.9 Å². The average Bonchev–Trinajstić information content (AvgIpc) is 2.96. The van der Waals surface area contributed by atoms with Crippen LogP contribution in [0.4, 0.5) is 4.39 Å². The molecule has 0 saturated heterocycles. The number of H-pyrrole nitrogens is 1. The lowest BCUT2D eigenvalue weighted by atomic mass is 10.2. The fraction of sp³-hybridized carbons (Fsp3) is 0.0625. The molecule has 1 N–H and O–H groups in total. The summed E-state index contributed by atoms with van der Waals surface area (Å²) < 4.78 is 21.5. The van der Waals surface area contributed by atoms with Crippen molar-refractivity contribution in [1.29, 1.82) is 0 Å². The Morgan fingerprint density at radius 1 is 1.33 bits per heavy atom. The molecule has 0 unspecified atom stereocenters. The Bertz CT molecular complexity index is 967. The summed E-state index contributed by atoms with van der Waals surface area (Å²) in [6.45, 7) is 0. The van der Waals surface area contributed by atoms with Gasteiger partial charge < -0.3 is 4.74 Å². The third kappa shape index (κ3) is 3.44. The molecule has 1 aromatic heterocycles. The van der Waals surface area contributed by atoms with Crippen LogP contribution in [0.3, 0.4) is 0 Å². The van der Waals surface area contributed by atoms with Gasteiger partial charge in [-0.15, -0.1) is 0 Å². The second-order valence-electron chi connectivity index (χ2n) is 4.81. The lowest BCUT2D eigenvalue weighted by Crippen LogP contribution is -1.97. The molecule has 24 heavy (non-hydrogen) atoms. The summed E-state index contributed by atoms with van der Waals surface area (Å²) in [4.78, 5) is 0. The molecule has 1 heterocycles. The number of methoxy groups -OCH3 is 1. The molecular weight excluding hydrogens is 395 g/mol. The third-order valence-corrected chi connectivity index (χ3v) is 4.01. The minimum atomic E-state index is -0.375. The molecule has 0 aliphatic heterocycles. The molecule has 0 amide bonds. The lowest BCUT2D eigenvalue weighted by Gasteiger charge is -2.04. The summed E-state index contributed by atoms with van der Waals surface area (Å²) in [6, 6.07) is 12.0. The lowest BCUT2D eigenvalue weighted by molar-refractivity contribution is 0.415. The van der Waals surface area contributed by atoms with Gasteiger partial charge in [-0.1, -0.05) is 28.1 Å². The zero-order valence-electron chi connectivity index (χ0n) is 12.5. The van der Waals surface area contributed by atoms with Crippen molar-refractivity contribution in [2.75, 3.05) is 7.11 Å². The molecule has 8 heteroatoms. The molecule has 0 aliphatic carbocycles. The van der Waals surface area contributed by atoms with E-state index in [4.69, 9.17) is 17.0 Å². The van der Waals surface area contributed by atoms with Crippen molar-refractivity contribution in [3.05, 3.63) is 63.1 Å². The highest BCUT2D eigenvalue weighted by Gasteiger charge is 2.09. The van der Waals surface area contributed by atoms with Crippen molar-refractivity contribution >= 4 is 34.4 Å². The van der Waals surface area contributed by atoms with Crippen LogP contribution in [0.5, 0.6) is 5.75 Å². The summed E-state index contributed by atoms with van der Waals surface area (Å²) in [5, 5.41) is 11.1. The highest BCUT2D eigenvalue weighted by molar-refractivity contribution is 9.10. The van der Waals surface area contributed by atoms with E-state index in [0.717, 1.165) is 10.0 Å². The van der Waals surface area contributed by atoms with E-state index in [1.54, 1.807) is 19.2 Å². The summed E-state index contributed by atoms with van der Waals surface area (Å²) in [7, 11) is 1.59. The normalized spacial score (nSPS) is 11.1. The van der Waals surface area contributed by atoms with Gasteiger partial charge in [0.15, 0.2) is 5.82 Å². The smallest absolute Gasteiger partial charge is 0.216 e. The fourth-order valence-corrected chi connectivity index (χ4v) is 2.64. The molecule has 3 aromatic rings. The van der Waals surface area contributed by atoms with Gasteiger partial charge in [0.05, 0.1) is 13.3 Å². The van der Waals surface area contributed by atoms with Crippen molar-refractivity contribution < 1.29 is 9.13 Å². The Kier molecular flexibility index (Phi) is 4.86. The van der Waals surface area contributed by atoms with Gasteiger partial charge >= 0.3 is 0 Å². The minimum Gasteiger partial charge on any atom is -0.497 e. The molecule has 0 spiro atoms. The number of aromatic amines is 1. The summed E-state index contributed by atoms with van der Waals surface area (Å²) in [5.74, 6) is 0.820. The van der Waals surface area contributed by atoms with Gasteiger partial charge in [-0.25, -0.2) is 9.49 Å². The highest BCUT2D eigenvalue weighted by atomic mass is 79.9. The van der Waals surface area contributed by atoms with Crippen LogP contribution in [0.1, 0.15) is 5.56 Å². The predicted octanol–water partition coefficient (Wildman–Crippen LogP) is 4.40. The van der Waals surface area contributed by atoms with Crippen LogP contribution >= 0.6 is 28.1 Å². The van der Waals surface area contributed by atoms with Gasteiger partial charge in [0, 0.05) is 15.6 Å². The van der Waals surface area contributed by atoms with Crippen molar-refractivity contribution in [2.24, 2.45) is 5.10 Å². The Morgan fingerprint density at radius 2 is 2.17 bits per heavy atom. The number of ether oxygens (including phenoxy) is 1. The Balaban J connectivity index is 2.03. The SMILES string of the molecule is COc1cccc(-c2n[nH]c(=S)n2/N=C/c2cc(Br)ccc2F)c1. The number of nitrogens with one attached hydrogen (secondary N) is 1. The molecule has 0 bridgehead atoms. The van der Waals surface area contributed by atoms with Crippen LogP contribution in [-0.2, 0) is 0 Å². The van der Waals surface area contributed by atoms with Gasteiger partial charge in [-0.2, -0.15) is 14.9 Å². The quantitative estimate of drug-likeness (QED) is 0.515. The maximum atomic E-state index is 13.8. The molecular formula is C16H12BrFN4OS. The van der Waals surface area contributed by atoms with Crippen molar-refractivity contribution in [3.8, 4) is 17.1 Å². The molecule has 2 aromatic carbocycles. The zero-order valence-corrected chi connectivity index (χ0v) is 14.9. The first-order valence-electron chi connectivity index (χ1n) is 6.90. The second kappa shape index (κ2) is 7.06. The predicted molar refractivity (Wildman–Crippen MR) is 96.5 cm³/mol.